The molecule has 2 rings (SSSR count). The lowest BCUT2D eigenvalue weighted by atomic mass is 9.86. The van der Waals surface area contributed by atoms with E-state index in [4.69, 9.17) is 28.9 Å². The molecule has 0 aromatic heterocycles. The number of halogens is 2. The molecule has 0 aliphatic carbocycles. The van der Waals surface area contributed by atoms with Crippen LogP contribution < -0.4 is 16.6 Å². The Morgan fingerprint density at radius 2 is 2.00 bits per heavy atom. The van der Waals surface area contributed by atoms with Crippen molar-refractivity contribution in [2.24, 2.45) is 17.6 Å². The highest BCUT2D eigenvalue weighted by Gasteiger charge is 2.35. The zero-order valence-corrected chi connectivity index (χ0v) is 12.1. The number of hydrazine groups is 1. The van der Waals surface area contributed by atoms with E-state index in [1.165, 1.54) is 0 Å². The van der Waals surface area contributed by atoms with Crippen LogP contribution in [0, 0.1) is 11.8 Å². The molecule has 1 aromatic carbocycles. The van der Waals surface area contributed by atoms with Crippen LogP contribution in [0.15, 0.2) is 18.2 Å². The first-order valence-electron chi connectivity index (χ1n) is 6.20. The van der Waals surface area contributed by atoms with Crippen molar-refractivity contribution >= 4 is 23.2 Å². The van der Waals surface area contributed by atoms with Crippen LogP contribution in [0.3, 0.4) is 0 Å². The van der Waals surface area contributed by atoms with E-state index in [1.807, 2.05) is 12.1 Å². The molecule has 1 saturated heterocycles. The molecule has 1 aliphatic heterocycles. The maximum Gasteiger partial charge on any atom is 0.0726 e. The molecule has 3 atom stereocenters. The van der Waals surface area contributed by atoms with Crippen LogP contribution in [0.2, 0.25) is 10.0 Å². The fourth-order valence-electron chi connectivity index (χ4n) is 2.50. The molecular formula is C13H19Cl2N3. The summed E-state index contributed by atoms with van der Waals surface area (Å²) in [6.07, 6.45) is 0.995. The van der Waals surface area contributed by atoms with Gasteiger partial charge in [-0.05, 0) is 30.0 Å². The predicted octanol–water partition coefficient (Wildman–Crippen LogP) is 3.09. The number of nitrogens with two attached hydrogens (primary N) is 1. The van der Waals surface area contributed by atoms with Crippen LogP contribution in [-0.4, -0.2) is 6.17 Å². The van der Waals surface area contributed by atoms with E-state index >= 15 is 0 Å². The van der Waals surface area contributed by atoms with Crippen LogP contribution in [0.5, 0.6) is 0 Å². The van der Waals surface area contributed by atoms with E-state index in [0.29, 0.717) is 21.9 Å². The Bertz CT molecular complexity index is 423. The molecule has 1 heterocycles. The Balaban J connectivity index is 2.25. The third kappa shape index (κ3) is 2.98. The van der Waals surface area contributed by atoms with E-state index in [0.717, 1.165) is 12.0 Å². The van der Waals surface area contributed by atoms with Crippen molar-refractivity contribution in [3.8, 4) is 0 Å². The Hall–Kier alpha value is -0.320. The first-order valence-corrected chi connectivity index (χ1v) is 6.96. The van der Waals surface area contributed by atoms with E-state index in [9.17, 15) is 0 Å². The largest absolute Gasteiger partial charge is 0.315 e. The predicted molar refractivity (Wildman–Crippen MR) is 76.4 cm³/mol. The topological polar surface area (TPSA) is 50.1 Å². The number of hydrogen-bond acceptors (Lipinski definition) is 3. The Labute approximate surface area is 118 Å². The van der Waals surface area contributed by atoms with E-state index < -0.39 is 0 Å². The van der Waals surface area contributed by atoms with Gasteiger partial charge in [0.25, 0.3) is 0 Å². The molecule has 0 bridgehead atoms. The van der Waals surface area contributed by atoms with E-state index in [-0.39, 0.29) is 12.2 Å². The molecule has 3 unspecified atom stereocenters. The molecule has 100 valence electrons. The lowest BCUT2D eigenvalue weighted by molar-refractivity contribution is 0.344. The average molecular weight is 288 g/mol. The van der Waals surface area contributed by atoms with E-state index in [2.05, 4.69) is 24.7 Å². The average Bonchev–Trinajstić information content (AvgIpc) is 2.60. The maximum atomic E-state index is 6.27. The van der Waals surface area contributed by atoms with Crippen LogP contribution >= 0.6 is 23.2 Å². The molecule has 18 heavy (non-hydrogen) atoms. The van der Waals surface area contributed by atoms with E-state index in [1.54, 1.807) is 6.07 Å². The summed E-state index contributed by atoms with van der Waals surface area (Å²) in [4.78, 5) is 0. The van der Waals surface area contributed by atoms with Crippen molar-refractivity contribution in [2.75, 3.05) is 0 Å². The fraction of sp³-hybridized carbons (Fsp3) is 0.538. The van der Waals surface area contributed by atoms with Gasteiger partial charge in [0.2, 0.25) is 0 Å². The molecular weight excluding hydrogens is 269 g/mol. The number of benzene rings is 1. The summed E-state index contributed by atoms with van der Waals surface area (Å²) in [6, 6.07) is 5.74. The van der Waals surface area contributed by atoms with Crippen molar-refractivity contribution in [1.82, 2.24) is 10.9 Å². The van der Waals surface area contributed by atoms with Crippen molar-refractivity contribution in [2.45, 2.75) is 32.5 Å². The van der Waals surface area contributed by atoms with Crippen molar-refractivity contribution in [3.05, 3.63) is 33.8 Å². The van der Waals surface area contributed by atoms with Crippen LogP contribution in [-0.2, 0) is 0 Å². The van der Waals surface area contributed by atoms with Crippen LogP contribution in [0.1, 0.15) is 31.9 Å². The van der Waals surface area contributed by atoms with Crippen molar-refractivity contribution in [1.29, 1.82) is 0 Å². The van der Waals surface area contributed by atoms with Gasteiger partial charge in [-0.3, -0.25) is 0 Å². The molecule has 1 aliphatic rings. The fourth-order valence-corrected chi connectivity index (χ4v) is 3.02. The lowest BCUT2D eigenvalue weighted by Gasteiger charge is -2.23. The molecule has 0 spiro atoms. The normalized spacial score (nSPS) is 28.0. The number of rotatable bonds is 3. The highest BCUT2D eigenvalue weighted by atomic mass is 35.5. The molecule has 1 aromatic rings. The van der Waals surface area contributed by atoms with Gasteiger partial charge in [0, 0.05) is 16.0 Å². The van der Waals surface area contributed by atoms with Gasteiger partial charge in [-0.2, -0.15) is 0 Å². The van der Waals surface area contributed by atoms with Crippen molar-refractivity contribution in [3.63, 3.8) is 0 Å². The monoisotopic (exact) mass is 287 g/mol. The molecule has 1 fully saturated rings. The smallest absolute Gasteiger partial charge is 0.0726 e. The van der Waals surface area contributed by atoms with Gasteiger partial charge in [0.1, 0.15) is 0 Å². The first-order chi connectivity index (χ1) is 8.49. The molecule has 3 nitrogen and oxygen atoms in total. The highest BCUT2D eigenvalue weighted by molar-refractivity contribution is 6.35. The summed E-state index contributed by atoms with van der Waals surface area (Å²) in [7, 11) is 0. The van der Waals surface area contributed by atoms with Gasteiger partial charge in [0.15, 0.2) is 0 Å². The molecule has 4 N–H and O–H groups in total. The van der Waals surface area contributed by atoms with Gasteiger partial charge in [0.05, 0.1) is 12.2 Å². The van der Waals surface area contributed by atoms with Crippen LogP contribution in [0.25, 0.3) is 0 Å². The number of nitrogens with one attached hydrogen (secondary N) is 2. The van der Waals surface area contributed by atoms with Gasteiger partial charge in [-0.1, -0.05) is 43.1 Å². The standard InChI is InChI=1S/C13H19Cl2N3/c1-7(2)5-10-12(17-18-13(10)16)9-4-3-8(14)6-11(9)15/h3-4,6-7,10,12-13,17-18H,5,16H2,1-2H3. The highest BCUT2D eigenvalue weighted by Crippen LogP contribution is 2.36. The summed E-state index contributed by atoms with van der Waals surface area (Å²) in [5.74, 6) is 0.917. The second-order valence-corrected chi connectivity index (χ2v) is 6.10. The molecule has 0 amide bonds. The summed E-state index contributed by atoms with van der Waals surface area (Å²) in [6.45, 7) is 4.40. The maximum absolute atomic E-state index is 6.27. The summed E-state index contributed by atoms with van der Waals surface area (Å²) < 4.78 is 0. The van der Waals surface area contributed by atoms with Crippen molar-refractivity contribution < 1.29 is 0 Å². The van der Waals surface area contributed by atoms with Gasteiger partial charge >= 0.3 is 0 Å². The Morgan fingerprint density at radius 3 is 2.61 bits per heavy atom. The first kappa shape index (κ1) is 14.1. The quantitative estimate of drug-likeness (QED) is 0.801. The summed E-state index contributed by atoms with van der Waals surface area (Å²) in [5.41, 5.74) is 13.5. The second-order valence-electron chi connectivity index (χ2n) is 5.25. The second kappa shape index (κ2) is 5.76. The number of hydrogen-bond donors (Lipinski definition) is 3. The SMILES string of the molecule is CC(C)CC1C(N)NNC1c1ccc(Cl)cc1Cl. The third-order valence-corrected chi connectivity index (χ3v) is 3.90. The zero-order chi connectivity index (χ0) is 13.3. The molecule has 5 heteroatoms. The van der Waals surface area contributed by atoms with Gasteiger partial charge < -0.3 is 5.73 Å². The molecule has 0 radical (unpaired) electrons. The van der Waals surface area contributed by atoms with Gasteiger partial charge in [-0.15, -0.1) is 0 Å². The zero-order valence-electron chi connectivity index (χ0n) is 10.6. The minimum Gasteiger partial charge on any atom is -0.315 e. The Kier molecular flexibility index (Phi) is 4.51. The minimum absolute atomic E-state index is 0.0517. The minimum atomic E-state index is -0.0517. The third-order valence-electron chi connectivity index (χ3n) is 3.34. The van der Waals surface area contributed by atoms with Gasteiger partial charge in [-0.25, -0.2) is 10.9 Å². The summed E-state index contributed by atoms with van der Waals surface area (Å²) in [5, 5.41) is 1.34. The lowest BCUT2D eigenvalue weighted by Crippen LogP contribution is -2.39. The Morgan fingerprint density at radius 1 is 1.28 bits per heavy atom. The summed E-state index contributed by atoms with van der Waals surface area (Å²) >= 11 is 12.2. The molecule has 0 saturated carbocycles. The van der Waals surface area contributed by atoms with Crippen LogP contribution in [0.4, 0.5) is 0 Å².